The van der Waals surface area contributed by atoms with Crippen molar-refractivity contribution >= 4 is 5.91 Å². The van der Waals surface area contributed by atoms with Crippen LogP contribution >= 0.6 is 0 Å². The van der Waals surface area contributed by atoms with Crippen LogP contribution in [0.2, 0.25) is 0 Å². The molecule has 0 saturated heterocycles. The first-order valence-corrected chi connectivity index (χ1v) is 7.49. The molecule has 2 unspecified atom stereocenters. The van der Waals surface area contributed by atoms with E-state index in [9.17, 15) is 4.79 Å². The highest BCUT2D eigenvalue weighted by molar-refractivity contribution is 6.00. The number of carbonyl (C=O) groups is 1. The highest BCUT2D eigenvalue weighted by Crippen LogP contribution is 2.43. The monoisotopic (exact) mass is 286 g/mol. The van der Waals surface area contributed by atoms with Crippen LogP contribution in [0.1, 0.15) is 33.7 Å². The summed E-state index contributed by atoms with van der Waals surface area (Å²) in [6.45, 7) is 0. The zero-order chi connectivity index (χ0) is 14.7. The van der Waals surface area contributed by atoms with Gasteiger partial charge in [-0.3, -0.25) is 4.79 Å². The summed E-state index contributed by atoms with van der Waals surface area (Å²) < 4.78 is 2.27. The average Bonchev–Trinajstić information content (AvgIpc) is 3.09. The fraction of sp³-hybridized carbons (Fsp3) is 0.105. The maximum absolute atomic E-state index is 12.8. The molecule has 22 heavy (non-hydrogen) atoms. The Labute approximate surface area is 128 Å². The van der Waals surface area contributed by atoms with Gasteiger partial charge in [-0.15, -0.1) is 0 Å². The number of allylic oxidation sites excluding steroid dienone is 5. The van der Waals surface area contributed by atoms with Gasteiger partial charge in [0.15, 0.2) is 0 Å². The molecule has 106 valence electrons. The summed E-state index contributed by atoms with van der Waals surface area (Å²) in [6.07, 6.45) is 12.5. The minimum Gasteiger partial charge on any atom is -0.338 e. The lowest BCUT2D eigenvalue weighted by Gasteiger charge is -2.22. The summed E-state index contributed by atoms with van der Waals surface area (Å²) in [5.41, 5.74) is 4.21. The molecule has 1 amide bonds. The number of nitrogens with zero attached hydrogens (tertiary/aromatic N) is 2. The first-order chi connectivity index (χ1) is 10.8. The maximum atomic E-state index is 12.8. The van der Waals surface area contributed by atoms with Crippen LogP contribution in [0.25, 0.3) is 0 Å². The van der Waals surface area contributed by atoms with Crippen molar-refractivity contribution in [2.75, 3.05) is 0 Å². The number of hydrogen-bond donors (Lipinski definition) is 0. The number of aromatic nitrogens is 1. The van der Waals surface area contributed by atoms with Gasteiger partial charge in [0.1, 0.15) is 6.04 Å². The van der Waals surface area contributed by atoms with E-state index in [-0.39, 0.29) is 18.0 Å². The van der Waals surface area contributed by atoms with Crippen LogP contribution in [0.4, 0.5) is 0 Å². The lowest BCUT2D eigenvalue weighted by molar-refractivity contribution is 0.0821. The number of fused-ring (bicyclic) bond motifs is 7. The normalized spacial score (nSPS) is 24.3. The van der Waals surface area contributed by atoms with E-state index < -0.39 is 0 Å². The summed E-state index contributed by atoms with van der Waals surface area (Å²) in [4.78, 5) is 14.7. The minimum absolute atomic E-state index is 0.0291. The molecule has 2 aliphatic heterocycles. The van der Waals surface area contributed by atoms with E-state index in [4.69, 9.17) is 0 Å². The fourth-order valence-electron chi connectivity index (χ4n) is 3.74. The van der Waals surface area contributed by atoms with Crippen LogP contribution < -0.4 is 0 Å². The van der Waals surface area contributed by atoms with Crippen LogP contribution in [0.5, 0.6) is 0 Å². The Balaban J connectivity index is 1.81. The number of benzene rings is 1. The van der Waals surface area contributed by atoms with Gasteiger partial charge < -0.3 is 9.47 Å². The van der Waals surface area contributed by atoms with Crippen molar-refractivity contribution in [3.05, 3.63) is 95.5 Å². The Hall–Kier alpha value is -2.81. The molecule has 0 radical (unpaired) electrons. The Morgan fingerprint density at radius 3 is 2.86 bits per heavy atom. The van der Waals surface area contributed by atoms with Crippen LogP contribution in [0.3, 0.4) is 0 Å². The first kappa shape index (κ1) is 11.8. The van der Waals surface area contributed by atoms with Gasteiger partial charge in [0.2, 0.25) is 0 Å². The van der Waals surface area contributed by atoms with Crippen molar-refractivity contribution in [3.8, 4) is 0 Å². The smallest absolute Gasteiger partial charge is 0.259 e. The third-order valence-corrected chi connectivity index (χ3v) is 4.71. The summed E-state index contributed by atoms with van der Waals surface area (Å²) in [6, 6.07) is 12.2. The number of hydrogen-bond acceptors (Lipinski definition) is 1. The molecule has 1 aromatic carbocycles. The molecular weight excluding hydrogens is 272 g/mol. The minimum atomic E-state index is -0.0291. The van der Waals surface area contributed by atoms with E-state index in [1.54, 1.807) is 0 Å². The average molecular weight is 286 g/mol. The van der Waals surface area contributed by atoms with Crippen LogP contribution in [0.15, 0.2) is 78.7 Å². The quantitative estimate of drug-likeness (QED) is 0.726. The molecule has 3 nitrogen and oxygen atoms in total. The number of carbonyl (C=O) groups excluding carboxylic acids is 1. The lowest BCUT2D eigenvalue weighted by Crippen LogP contribution is -2.23. The second-order valence-electron chi connectivity index (χ2n) is 5.86. The lowest BCUT2D eigenvalue weighted by atomic mass is 10.0. The topological polar surface area (TPSA) is 25.2 Å². The highest BCUT2D eigenvalue weighted by Gasteiger charge is 2.40. The Morgan fingerprint density at radius 1 is 1.00 bits per heavy atom. The van der Waals surface area contributed by atoms with Crippen molar-refractivity contribution in [1.82, 2.24) is 9.47 Å². The second kappa shape index (κ2) is 4.10. The summed E-state index contributed by atoms with van der Waals surface area (Å²) in [5, 5.41) is 0. The maximum Gasteiger partial charge on any atom is 0.259 e. The molecule has 0 saturated carbocycles. The molecule has 3 heterocycles. The first-order valence-electron chi connectivity index (χ1n) is 7.49. The summed E-state index contributed by atoms with van der Waals surface area (Å²) >= 11 is 0. The van der Waals surface area contributed by atoms with Crippen LogP contribution in [-0.2, 0) is 0 Å². The van der Waals surface area contributed by atoms with Gasteiger partial charge in [0, 0.05) is 23.7 Å². The van der Waals surface area contributed by atoms with Gasteiger partial charge in [-0.2, -0.15) is 0 Å². The van der Waals surface area contributed by atoms with Crippen molar-refractivity contribution in [1.29, 1.82) is 0 Å². The largest absolute Gasteiger partial charge is 0.338 e. The molecule has 2 aromatic rings. The van der Waals surface area contributed by atoms with Crippen LogP contribution in [-0.4, -0.2) is 15.4 Å². The molecule has 0 bridgehead atoms. The molecular formula is C19H14N2O. The molecule has 0 spiro atoms. The third-order valence-electron chi connectivity index (χ3n) is 4.71. The molecule has 2 atom stereocenters. The molecule has 3 heteroatoms. The van der Waals surface area contributed by atoms with Gasteiger partial charge in [-0.05, 0) is 29.3 Å². The standard InChI is InChI=1S/C19H14N2O/c22-19-15-8-3-2-7-14(15)18-17-10-5-11-20(17)16-9-4-1-6-13(16)12-21(18)19/h1-12,16,18H. The van der Waals surface area contributed by atoms with Crippen molar-refractivity contribution in [2.24, 2.45) is 0 Å². The summed E-state index contributed by atoms with van der Waals surface area (Å²) in [7, 11) is 0. The third kappa shape index (κ3) is 1.38. The van der Waals surface area contributed by atoms with E-state index in [1.807, 2.05) is 35.4 Å². The van der Waals surface area contributed by atoms with Crippen molar-refractivity contribution in [2.45, 2.75) is 12.1 Å². The molecule has 1 aliphatic carbocycles. The zero-order valence-corrected chi connectivity index (χ0v) is 11.9. The van der Waals surface area contributed by atoms with E-state index in [2.05, 4.69) is 47.2 Å². The second-order valence-corrected chi connectivity index (χ2v) is 5.86. The SMILES string of the molecule is O=C1c2ccccc2C2c3cccn3C3C=CC=CC3=CN12. The van der Waals surface area contributed by atoms with Gasteiger partial charge in [0.05, 0.1) is 6.04 Å². The summed E-state index contributed by atoms with van der Waals surface area (Å²) in [5.74, 6) is 0.0875. The Kier molecular flexibility index (Phi) is 2.20. The van der Waals surface area contributed by atoms with Gasteiger partial charge in [0.25, 0.3) is 5.91 Å². The predicted octanol–water partition coefficient (Wildman–Crippen LogP) is 3.60. The van der Waals surface area contributed by atoms with Crippen molar-refractivity contribution in [3.63, 3.8) is 0 Å². The highest BCUT2D eigenvalue weighted by atomic mass is 16.2. The number of amides is 1. The number of rotatable bonds is 0. The molecule has 0 N–H and O–H groups in total. The molecule has 0 fully saturated rings. The van der Waals surface area contributed by atoms with E-state index in [0.717, 1.165) is 22.4 Å². The molecule has 1 aromatic heterocycles. The van der Waals surface area contributed by atoms with E-state index in [1.165, 1.54) is 0 Å². The van der Waals surface area contributed by atoms with E-state index in [0.29, 0.717) is 0 Å². The Morgan fingerprint density at radius 2 is 1.91 bits per heavy atom. The zero-order valence-electron chi connectivity index (χ0n) is 11.9. The van der Waals surface area contributed by atoms with Gasteiger partial charge in [-0.1, -0.05) is 42.5 Å². The van der Waals surface area contributed by atoms with E-state index >= 15 is 0 Å². The van der Waals surface area contributed by atoms with Crippen LogP contribution in [0, 0.1) is 0 Å². The fourth-order valence-corrected chi connectivity index (χ4v) is 3.74. The molecule has 5 rings (SSSR count). The van der Waals surface area contributed by atoms with Gasteiger partial charge in [-0.25, -0.2) is 0 Å². The predicted molar refractivity (Wildman–Crippen MR) is 84.3 cm³/mol. The van der Waals surface area contributed by atoms with Crippen molar-refractivity contribution < 1.29 is 4.79 Å². The Bertz CT molecular complexity index is 884. The molecule has 3 aliphatic rings. The van der Waals surface area contributed by atoms with Gasteiger partial charge >= 0.3 is 0 Å².